The summed E-state index contributed by atoms with van der Waals surface area (Å²) in [7, 11) is 0. The van der Waals surface area contributed by atoms with Gasteiger partial charge in [0, 0.05) is 12.5 Å². The Balaban J connectivity index is 1.60. The molecule has 0 saturated carbocycles. The number of imidazole rings is 1. The van der Waals surface area contributed by atoms with Crippen LogP contribution in [0, 0.1) is 0 Å². The van der Waals surface area contributed by atoms with E-state index in [-0.39, 0.29) is 11.9 Å². The van der Waals surface area contributed by atoms with Gasteiger partial charge < -0.3 is 15.6 Å². The molecule has 1 fully saturated rings. The van der Waals surface area contributed by atoms with Gasteiger partial charge in [0.2, 0.25) is 5.91 Å². The van der Waals surface area contributed by atoms with Crippen molar-refractivity contribution >= 4 is 16.9 Å². The predicted molar refractivity (Wildman–Crippen MR) is 98.2 cm³/mol. The van der Waals surface area contributed by atoms with Crippen LogP contribution in [-0.2, 0) is 4.79 Å². The summed E-state index contributed by atoms with van der Waals surface area (Å²) in [6, 6.07) is 16.3. The Morgan fingerprint density at radius 1 is 1.20 bits per heavy atom. The number of hydrogen-bond acceptors (Lipinski definition) is 3. The SMILES string of the molecule is O=C(CC1CCCN1)NC(c1ccccc1)c1ccc2nc[nH]c2c1. The summed E-state index contributed by atoms with van der Waals surface area (Å²) < 4.78 is 0. The lowest BCUT2D eigenvalue weighted by molar-refractivity contribution is -0.122. The number of aromatic nitrogens is 2. The van der Waals surface area contributed by atoms with Gasteiger partial charge in [-0.15, -0.1) is 0 Å². The summed E-state index contributed by atoms with van der Waals surface area (Å²) in [5.74, 6) is 0.0814. The molecule has 0 radical (unpaired) electrons. The fourth-order valence-corrected chi connectivity index (χ4v) is 3.51. The van der Waals surface area contributed by atoms with E-state index in [9.17, 15) is 4.79 Å². The van der Waals surface area contributed by atoms with Gasteiger partial charge in [-0.2, -0.15) is 0 Å². The zero-order valence-corrected chi connectivity index (χ0v) is 14.0. The molecule has 5 nitrogen and oxygen atoms in total. The van der Waals surface area contributed by atoms with E-state index in [1.165, 1.54) is 0 Å². The highest BCUT2D eigenvalue weighted by molar-refractivity contribution is 5.79. The molecule has 5 heteroatoms. The van der Waals surface area contributed by atoms with Gasteiger partial charge in [-0.1, -0.05) is 36.4 Å². The van der Waals surface area contributed by atoms with Crippen molar-refractivity contribution in [3.05, 3.63) is 66.0 Å². The zero-order valence-electron chi connectivity index (χ0n) is 14.0. The van der Waals surface area contributed by atoms with E-state index in [0.29, 0.717) is 12.5 Å². The third-order valence-corrected chi connectivity index (χ3v) is 4.81. The highest BCUT2D eigenvalue weighted by Gasteiger charge is 2.21. The van der Waals surface area contributed by atoms with E-state index in [4.69, 9.17) is 0 Å². The molecular formula is C20H22N4O. The second kappa shape index (κ2) is 7.07. The van der Waals surface area contributed by atoms with Gasteiger partial charge in [-0.05, 0) is 42.6 Å². The summed E-state index contributed by atoms with van der Waals surface area (Å²) >= 11 is 0. The third-order valence-electron chi connectivity index (χ3n) is 4.81. The standard InChI is InChI=1S/C20H22N4O/c25-19(12-16-7-4-10-21-16)24-20(14-5-2-1-3-6-14)15-8-9-17-18(11-15)23-13-22-17/h1-3,5-6,8-9,11,13,16,20-21H,4,7,10,12H2,(H,22,23)(H,24,25). The van der Waals surface area contributed by atoms with Gasteiger partial charge >= 0.3 is 0 Å². The average Bonchev–Trinajstić information content (AvgIpc) is 3.31. The fourth-order valence-electron chi connectivity index (χ4n) is 3.51. The summed E-state index contributed by atoms with van der Waals surface area (Å²) in [6.45, 7) is 1.01. The lowest BCUT2D eigenvalue weighted by Crippen LogP contribution is -2.34. The highest BCUT2D eigenvalue weighted by atomic mass is 16.1. The fraction of sp³-hybridized carbons (Fsp3) is 0.300. The minimum absolute atomic E-state index is 0.0814. The van der Waals surface area contributed by atoms with E-state index in [0.717, 1.165) is 41.5 Å². The number of nitrogens with one attached hydrogen (secondary N) is 3. The second-order valence-corrected chi connectivity index (χ2v) is 6.59. The first-order valence-electron chi connectivity index (χ1n) is 8.80. The molecule has 25 heavy (non-hydrogen) atoms. The highest BCUT2D eigenvalue weighted by Crippen LogP contribution is 2.25. The van der Waals surface area contributed by atoms with Gasteiger partial charge in [-0.3, -0.25) is 4.79 Å². The molecule has 1 aliphatic rings. The molecule has 4 rings (SSSR count). The van der Waals surface area contributed by atoms with Crippen LogP contribution in [0.15, 0.2) is 54.9 Å². The number of carbonyl (C=O) groups excluding carboxylic acids is 1. The molecule has 0 spiro atoms. The van der Waals surface area contributed by atoms with Crippen LogP contribution < -0.4 is 10.6 Å². The summed E-state index contributed by atoms with van der Waals surface area (Å²) in [5, 5.41) is 6.61. The Kier molecular flexibility index (Phi) is 4.48. The molecule has 2 heterocycles. The van der Waals surface area contributed by atoms with Crippen LogP contribution in [0.5, 0.6) is 0 Å². The minimum atomic E-state index is -0.164. The minimum Gasteiger partial charge on any atom is -0.345 e. The van der Waals surface area contributed by atoms with Crippen LogP contribution >= 0.6 is 0 Å². The predicted octanol–water partition coefficient (Wildman–Crippen LogP) is 2.91. The van der Waals surface area contributed by atoms with Crippen molar-refractivity contribution in [2.75, 3.05) is 6.54 Å². The number of aromatic amines is 1. The second-order valence-electron chi connectivity index (χ2n) is 6.59. The number of rotatable bonds is 5. The Morgan fingerprint density at radius 3 is 2.88 bits per heavy atom. The average molecular weight is 334 g/mol. The molecule has 1 amide bonds. The van der Waals surface area contributed by atoms with E-state index >= 15 is 0 Å². The topological polar surface area (TPSA) is 69.8 Å². The van der Waals surface area contributed by atoms with E-state index in [2.05, 4.69) is 38.8 Å². The number of benzene rings is 2. The Hall–Kier alpha value is -2.66. The number of fused-ring (bicyclic) bond motifs is 1. The maximum atomic E-state index is 12.6. The maximum absolute atomic E-state index is 12.6. The number of H-pyrrole nitrogens is 1. The molecule has 1 aromatic heterocycles. The Morgan fingerprint density at radius 2 is 2.08 bits per heavy atom. The van der Waals surface area contributed by atoms with Crippen LogP contribution in [0.2, 0.25) is 0 Å². The molecule has 0 bridgehead atoms. The molecule has 2 atom stereocenters. The van der Waals surface area contributed by atoms with Crippen molar-refractivity contribution in [3.8, 4) is 0 Å². The molecule has 2 unspecified atom stereocenters. The smallest absolute Gasteiger partial charge is 0.222 e. The Labute approximate surface area is 146 Å². The van der Waals surface area contributed by atoms with Gasteiger partial charge in [-0.25, -0.2) is 4.98 Å². The van der Waals surface area contributed by atoms with Crippen molar-refractivity contribution in [2.45, 2.75) is 31.3 Å². The number of hydrogen-bond donors (Lipinski definition) is 3. The first kappa shape index (κ1) is 15.8. The number of amides is 1. The van der Waals surface area contributed by atoms with Gasteiger partial charge in [0.05, 0.1) is 23.4 Å². The normalized spacial score (nSPS) is 18.3. The van der Waals surface area contributed by atoms with Crippen molar-refractivity contribution in [3.63, 3.8) is 0 Å². The molecule has 2 aromatic carbocycles. The van der Waals surface area contributed by atoms with E-state index in [1.807, 2.05) is 30.3 Å². The van der Waals surface area contributed by atoms with Crippen LogP contribution in [-0.4, -0.2) is 28.5 Å². The molecule has 3 N–H and O–H groups in total. The van der Waals surface area contributed by atoms with E-state index in [1.54, 1.807) is 6.33 Å². The van der Waals surface area contributed by atoms with Crippen LogP contribution in [0.1, 0.15) is 36.4 Å². The van der Waals surface area contributed by atoms with Crippen molar-refractivity contribution < 1.29 is 4.79 Å². The van der Waals surface area contributed by atoms with Crippen molar-refractivity contribution in [1.82, 2.24) is 20.6 Å². The first-order chi connectivity index (χ1) is 12.3. The lowest BCUT2D eigenvalue weighted by atomic mass is 9.97. The van der Waals surface area contributed by atoms with Crippen LogP contribution in [0.25, 0.3) is 11.0 Å². The van der Waals surface area contributed by atoms with Gasteiger partial charge in [0.25, 0.3) is 0 Å². The van der Waals surface area contributed by atoms with Crippen molar-refractivity contribution in [2.24, 2.45) is 0 Å². The van der Waals surface area contributed by atoms with Crippen LogP contribution in [0.3, 0.4) is 0 Å². The molecule has 3 aromatic rings. The van der Waals surface area contributed by atoms with Gasteiger partial charge in [0.1, 0.15) is 0 Å². The quantitative estimate of drug-likeness (QED) is 0.672. The number of nitrogens with zero attached hydrogens (tertiary/aromatic N) is 1. The molecule has 0 aliphatic carbocycles. The third kappa shape index (κ3) is 3.56. The van der Waals surface area contributed by atoms with E-state index < -0.39 is 0 Å². The summed E-state index contributed by atoms with van der Waals surface area (Å²) in [6.07, 6.45) is 4.44. The Bertz CT molecular complexity index is 852. The van der Waals surface area contributed by atoms with Crippen LogP contribution in [0.4, 0.5) is 0 Å². The number of carbonyl (C=O) groups is 1. The maximum Gasteiger partial charge on any atom is 0.222 e. The monoisotopic (exact) mass is 334 g/mol. The molecule has 1 saturated heterocycles. The van der Waals surface area contributed by atoms with Crippen molar-refractivity contribution in [1.29, 1.82) is 0 Å². The lowest BCUT2D eigenvalue weighted by Gasteiger charge is -2.21. The molecule has 128 valence electrons. The largest absolute Gasteiger partial charge is 0.345 e. The van der Waals surface area contributed by atoms with Gasteiger partial charge in [0.15, 0.2) is 0 Å². The first-order valence-corrected chi connectivity index (χ1v) is 8.80. The zero-order chi connectivity index (χ0) is 17.1. The molecule has 1 aliphatic heterocycles. The summed E-state index contributed by atoms with van der Waals surface area (Å²) in [4.78, 5) is 20.0. The molecular weight excluding hydrogens is 312 g/mol. The summed E-state index contributed by atoms with van der Waals surface area (Å²) in [5.41, 5.74) is 4.03.